The topological polar surface area (TPSA) is 165 Å². The summed E-state index contributed by atoms with van der Waals surface area (Å²) in [6.07, 6.45) is 0.141. The monoisotopic (exact) mass is 493 g/mol. The number of nitrogens with zero attached hydrogens (tertiary/aromatic N) is 1. The Morgan fingerprint density at radius 2 is 1.97 bits per heavy atom. The Hall–Kier alpha value is -3.29. The van der Waals surface area contributed by atoms with Gasteiger partial charge in [-0.05, 0) is 41.5 Å². The van der Waals surface area contributed by atoms with E-state index in [9.17, 15) is 29.3 Å². The van der Waals surface area contributed by atoms with Crippen molar-refractivity contribution in [3.63, 3.8) is 0 Å². The number of non-ortho nitro benzene ring substituents is 1. The van der Waals surface area contributed by atoms with Crippen molar-refractivity contribution in [2.45, 2.75) is 19.1 Å². The normalized spacial score (nSPS) is 18.3. The molecular formula is C20H19N3O8S2. The van der Waals surface area contributed by atoms with Crippen LogP contribution in [-0.4, -0.2) is 45.6 Å². The Kier molecular flexibility index (Phi) is 7.79. The van der Waals surface area contributed by atoms with Crippen LogP contribution in [0.4, 0.5) is 11.4 Å². The van der Waals surface area contributed by atoms with Crippen LogP contribution < -0.4 is 10.6 Å². The third kappa shape index (κ3) is 5.94. The zero-order chi connectivity index (χ0) is 24.1. The zero-order valence-corrected chi connectivity index (χ0v) is 18.6. The molecule has 13 heteroatoms. The summed E-state index contributed by atoms with van der Waals surface area (Å²) < 4.78 is 5.22. The number of benzene rings is 1. The maximum absolute atomic E-state index is 12.6. The number of nitro benzene ring substituents is 1. The molecule has 11 nitrogen and oxygen atoms in total. The molecule has 1 aromatic carbocycles. The number of hydrogen-bond donors (Lipinski definition) is 4. The van der Waals surface area contributed by atoms with Crippen LogP contribution in [0.3, 0.4) is 0 Å². The summed E-state index contributed by atoms with van der Waals surface area (Å²) in [5, 5.41) is 26.2. The van der Waals surface area contributed by atoms with Gasteiger partial charge in [-0.3, -0.25) is 24.5 Å². The molecule has 174 valence electrons. The third-order valence-electron chi connectivity index (χ3n) is 5.12. The van der Waals surface area contributed by atoms with Gasteiger partial charge in [0.15, 0.2) is 5.12 Å². The first-order chi connectivity index (χ1) is 15.7. The van der Waals surface area contributed by atoms with E-state index in [1.54, 1.807) is 5.38 Å². The van der Waals surface area contributed by atoms with Crippen LogP contribution in [0.5, 0.6) is 0 Å². The first-order valence-corrected chi connectivity index (χ1v) is 11.0. The summed E-state index contributed by atoms with van der Waals surface area (Å²) in [5.41, 5.74) is 0.575. The van der Waals surface area contributed by atoms with Gasteiger partial charge in [0.2, 0.25) is 5.91 Å². The molecule has 1 saturated heterocycles. The van der Waals surface area contributed by atoms with Crippen LogP contribution >= 0.6 is 24.0 Å². The Labute approximate surface area is 196 Å². The molecule has 3 rings (SSSR count). The average Bonchev–Trinajstić information content (AvgIpc) is 3.42. The number of nitro groups is 1. The van der Waals surface area contributed by atoms with Gasteiger partial charge in [-0.1, -0.05) is 0 Å². The second kappa shape index (κ2) is 10.6. The Bertz CT molecular complexity index is 1090. The van der Waals surface area contributed by atoms with Crippen LogP contribution in [0.15, 0.2) is 35.7 Å². The maximum atomic E-state index is 12.6. The second-order valence-corrected chi connectivity index (χ2v) is 8.62. The van der Waals surface area contributed by atoms with Crippen LogP contribution in [-0.2, 0) is 25.7 Å². The lowest BCUT2D eigenvalue weighted by Gasteiger charge is -2.18. The predicted octanol–water partition coefficient (Wildman–Crippen LogP) is 2.09. The van der Waals surface area contributed by atoms with Gasteiger partial charge < -0.3 is 20.5 Å². The molecular weight excluding hydrogens is 474 g/mol. The number of esters is 1. The van der Waals surface area contributed by atoms with Gasteiger partial charge >= 0.3 is 11.9 Å². The molecule has 1 amide bonds. The van der Waals surface area contributed by atoms with Crippen molar-refractivity contribution in [2.24, 2.45) is 11.8 Å². The molecule has 1 aliphatic rings. The van der Waals surface area contributed by atoms with Gasteiger partial charge in [0.1, 0.15) is 17.4 Å². The SMILES string of the molecule is O=C(O)c1sccc1NC(=O)C1C[C@@H]([C@H](C(=O)S)C(=O)OCc2ccc([N+](=O)[O-])cc2)CN1. The number of anilines is 1. The smallest absolute Gasteiger partial charge is 0.348 e. The standard InChI is InChI=1S/C20H19N3O8S2/c24-17(22-13-5-6-33-16(13)18(25)26)14-7-11(8-21-14)15(20(28)32)19(27)31-9-10-1-3-12(4-2-10)23(29)30/h1-6,11,14-15,21H,7-9H2,(H,22,24)(H,25,26)(H,28,32)/t11-,14?,15+/m1/s1. The van der Waals surface area contributed by atoms with Crippen LogP contribution in [0.2, 0.25) is 0 Å². The fraction of sp³-hybridized carbons (Fsp3) is 0.300. The number of carboxylic acids is 1. The lowest BCUT2D eigenvalue weighted by atomic mass is 9.90. The van der Waals surface area contributed by atoms with E-state index in [4.69, 9.17) is 9.84 Å². The fourth-order valence-electron chi connectivity index (χ4n) is 3.46. The van der Waals surface area contributed by atoms with Crippen molar-refractivity contribution in [3.05, 3.63) is 56.3 Å². The van der Waals surface area contributed by atoms with Crippen LogP contribution in [0.25, 0.3) is 0 Å². The Balaban J connectivity index is 1.59. The number of aromatic carboxylic acids is 1. The highest BCUT2D eigenvalue weighted by atomic mass is 32.1. The molecule has 0 radical (unpaired) electrons. The van der Waals surface area contributed by atoms with E-state index in [1.165, 1.54) is 30.3 Å². The van der Waals surface area contributed by atoms with E-state index < -0.39 is 45.8 Å². The molecule has 1 unspecified atom stereocenters. The molecule has 1 aromatic heterocycles. The largest absolute Gasteiger partial charge is 0.477 e. The first-order valence-electron chi connectivity index (χ1n) is 9.65. The second-order valence-electron chi connectivity index (χ2n) is 7.26. The van der Waals surface area contributed by atoms with Crippen molar-refractivity contribution in [1.82, 2.24) is 5.32 Å². The van der Waals surface area contributed by atoms with Crippen molar-refractivity contribution in [2.75, 3.05) is 11.9 Å². The molecule has 0 aliphatic carbocycles. The van der Waals surface area contributed by atoms with Gasteiger partial charge in [0, 0.05) is 18.7 Å². The maximum Gasteiger partial charge on any atom is 0.348 e. The van der Waals surface area contributed by atoms with Crippen molar-refractivity contribution in [1.29, 1.82) is 0 Å². The van der Waals surface area contributed by atoms with E-state index in [2.05, 4.69) is 23.3 Å². The average molecular weight is 494 g/mol. The number of thiol groups is 1. The number of nitrogens with one attached hydrogen (secondary N) is 2. The highest BCUT2D eigenvalue weighted by Crippen LogP contribution is 2.28. The summed E-state index contributed by atoms with van der Waals surface area (Å²) in [6.45, 7) is -0.00825. The fourth-order valence-corrected chi connectivity index (χ4v) is 4.47. The molecule has 2 heterocycles. The van der Waals surface area contributed by atoms with Crippen molar-refractivity contribution in [3.8, 4) is 0 Å². The molecule has 0 saturated carbocycles. The highest BCUT2D eigenvalue weighted by molar-refractivity contribution is 7.96. The summed E-state index contributed by atoms with van der Waals surface area (Å²) in [6, 6.07) is 6.17. The molecule has 1 aliphatic heterocycles. The van der Waals surface area contributed by atoms with Gasteiger partial charge in [-0.2, -0.15) is 0 Å². The van der Waals surface area contributed by atoms with E-state index in [0.29, 0.717) is 5.56 Å². The van der Waals surface area contributed by atoms with Gasteiger partial charge in [-0.25, -0.2) is 4.79 Å². The number of amides is 1. The Morgan fingerprint density at radius 3 is 2.58 bits per heavy atom. The Morgan fingerprint density at radius 1 is 1.27 bits per heavy atom. The number of ether oxygens (including phenoxy) is 1. The minimum absolute atomic E-state index is 0.00358. The molecule has 2 aromatic rings. The van der Waals surface area contributed by atoms with Crippen LogP contribution in [0.1, 0.15) is 21.7 Å². The number of hydrogen-bond acceptors (Lipinski definition) is 9. The number of carboxylic acid groups (broad SMARTS) is 1. The summed E-state index contributed by atoms with van der Waals surface area (Å²) in [4.78, 5) is 58.5. The molecule has 3 N–H and O–H groups in total. The minimum atomic E-state index is -1.22. The molecule has 33 heavy (non-hydrogen) atoms. The highest BCUT2D eigenvalue weighted by Gasteiger charge is 2.41. The number of thiophene rings is 1. The van der Waals surface area contributed by atoms with E-state index >= 15 is 0 Å². The number of carbonyl (C=O) groups excluding carboxylic acids is 3. The zero-order valence-electron chi connectivity index (χ0n) is 16.9. The summed E-state index contributed by atoms with van der Waals surface area (Å²) in [7, 11) is 0. The molecule has 3 atom stereocenters. The van der Waals surface area contributed by atoms with Gasteiger partial charge in [-0.15, -0.1) is 24.0 Å². The summed E-state index contributed by atoms with van der Waals surface area (Å²) in [5.74, 6) is -4.23. The van der Waals surface area contributed by atoms with E-state index in [-0.39, 0.29) is 35.8 Å². The van der Waals surface area contributed by atoms with Crippen LogP contribution in [0, 0.1) is 22.0 Å². The lowest BCUT2D eigenvalue weighted by Crippen LogP contribution is -2.35. The predicted molar refractivity (Wildman–Crippen MR) is 120 cm³/mol. The third-order valence-corrected chi connectivity index (χ3v) is 6.30. The summed E-state index contributed by atoms with van der Waals surface area (Å²) >= 11 is 4.78. The lowest BCUT2D eigenvalue weighted by molar-refractivity contribution is -0.384. The minimum Gasteiger partial charge on any atom is -0.477 e. The van der Waals surface area contributed by atoms with E-state index in [0.717, 1.165) is 11.3 Å². The van der Waals surface area contributed by atoms with Gasteiger partial charge in [0.25, 0.3) is 5.69 Å². The van der Waals surface area contributed by atoms with Gasteiger partial charge in [0.05, 0.1) is 16.7 Å². The van der Waals surface area contributed by atoms with E-state index in [1.807, 2.05) is 0 Å². The quantitative estimate of drug-likeness (QED) is 0.135. The molecule has 0 bridgehead atoms. The molecule has 0 spiro atoms. The first kappa shape index (κ1) is 24.4. The van der Waals surface area contributed by atoms with Crippen molar-refractivity contribution >= 4 is 58.3 Å². The molecule has 1 fully saturated rings. The number of carbonyl (C=O) groups is 4. The number of rotatable bonds is 9. The van der Waals surface area contributed by atoms with Crippen molar-refractivity contribution < 1.29 is 33.9 Å².